The molecule has 0 aliphatic rings. The van der Waals surface area contributed by atoms with Crippen LogP contribution in [0, 0.1) is 0 Å². The van der Waals surface area contributed by atoms with Crippen LogP contribution in [-0.2, 0) is 0 Å². The number of rotatable bonds is 5. The van der Waals surface area contributed by atoms with Gasteiger partial charge in [0.05, 0.1) is 16.6 Å². The van der Waals surface area contributed by atoms with Crippen LogP contribution in [0.5, 0.6) is 0 Å². The molecule has 1 aromatic carbocycles. The van der Waals surface area contributed by atoms with E-state index in [0.29, 0.717) is 5.02 Å². The number of hydrogen-bond donors (Lipinski definition) is 2. The van der Waals surface area contributed by atoms with Crippen molar-refractivity contribution in [2.24, 2.45) is 0 Å². The Labute approximate surface area is 134 Å². The number of para-hydroxylation sites is 1. The minimum atomic E-state index is -1.05. The first-order valence-corrected chi connectivity index (χ1v) is 7.69. The molecule has 2 rings (SSSR count). The SMILES string of the molecule is CCN(CC)c1nc2c(Cl)cccc2cc1C(C)NC(=O)O. The van der Waals surface area contributed by atoms with Gasteiger partial charge in [0.2, 0.25) is 0 Å². The summed E-state index contributed by atoms with van der Waals surface area (Å²) >= 11 is 6.25. The molecular weight excluding hydrogens is 302 g/mol. The number of nitrogens with one attached hydrogen (secondary N) is 1. The van der Waals surface area contributed by atoms with Gasteiger partial charge in [-0.25, -0.2) is 9.78 Å². The number of aromatic nitrogens is 1. The molecule has 2 aromatic rings. The molecule has 0 spiro atoms. The monoisotopic (exact) mass is 321 g/mol. The van der Waals surface area contributed by atoms with Gasteiger partial charge in [0.1, 0.15) is 5.82 Å². The van der Waals surface area contributed by atoms with Crippen LogP contribution in [0.15, 0.2) is 24.3 Å². The van der Waals surface area contributed by atoms with Crippen molar-refractivity contribution in [3.63, 3.8) is 0 Å². The summed E-state index contributed by atoms with van der Waals surface area (Å²) in [6.07, 6.45) is -1.05. The van der Waals surface area contributed by atoms with Crippen LogP contribution >= 0.6 is 11.6 Å². The summed E-state index contributed by atoms with van der Waals surface area (Å²) < 4.78 is 0. The van der Waals surface area contributed by atoms with Gasteiger partial charge in [-0.05, 0) is 32.9 Å². The lowest BCUT2D eigenvalue weighted by atomic mass is 10.1. The number of amides is 1. The summed E-state index contributed by atoms with van der Waals surface area (Å²) in [5.74, 6) is 0.770. The summed E-state index contributed by atoms with van der Waals surface area (Å²) in [4.78, 5) is 17.8. The third kappa shape index (κ3) is 3.25. The molecule has 0 bridgehead atoms. The van der Waals surface area contributed by atoms with Crippen molar-refractivity contribution in [1.29, 1.82) is 0 Å². The van der Waals surface area contributed by atoms with Crippen molar-refractivity contribution in [3.05, 3.63) is 34.9 Å². The van der Waals surface area contributed by atoms with Gasteiger partial charge in [0.15, 0.2) is 0 Å². The Morgan fingerprint density at radius 3 is 2.68 bits per heavy atom. The molecule has 0 aliphatic carbocycles. The van der Waals surface area contributed by atoms with Crippen molar-refractivity contribution >= 4 is 34.4 Å². The minimum Gasteiger partial charge on any atom is -0.465 e. The first-order valence-electron chi connectivity index (χ1n) is 7.31. The first kappa shape index (κ1) is 16.4. The first-order chi connectivity index (χ1) is 10.5. The summed E-state index contributed by atoms with van der Waals surface area (Å²) in [6, 6.07) is 7.20. The quantitative estimate of drug-likeness (QED) is 0.871. The zero-order chi connectivity index (χ0) is 16.3. The molecule has 2 N–H and O–H groups in total. The highest BCUT2D eigenvalue weighted by atomic mass is 35.5. The molecule has 6 heteroatoms. The van der Waals surface area contributed by atoms with Gasteiger partial charge in [-0.15, -0.1) is 0 Å². The standard InChI is InChI=1S/C16H20ClN3O2/c1-4-20(5-2)15-12(10(3)18-16(21)22)9-11-7-6-8-13(17)14(11)19-15/h6-10,18H,4-5H2,1-3H3,(H,21,22). The lowest BCUT2D eigenvalue weighted by molar-refractivity contribution is 0.191. The predicted octanol–water partition coefficient (Wildman–Crippen LogP) is 4.06. The van der Waals surface area contributed by atoms with Crippen LogP contribution in [0.1, 0.15) is 32.4 Å². The van der Waals surface area contributed by atoms with Gasteiger partial charge in [-0.2, -0.15) is 0 Å². The van der Waals surface area contributed by atoms with Crippen LogP contribution in [0.4, 0.5) is 10.6 Å². The molecule has 0 saturated heterocycles. The van der Waals surface area contributed by atoms with E-state index in [0.717, 1.165) is 35.4 Å². The summed E-state index contributed by atoms with van der Waals surface area (Å²) in [6.45, 7) is 7.47. The summed E-state index contributed by atoms with van der Waals surface area (Å²) in [5, 5.41) is 13.0. The maximum absolute atomic E-state index is 11.0. The highest BCUT2D eigenvalue weighted by molar-refractivity contribution is 6.35. The maximum atomic E-state index is 11.0. The van der Waals surface area contributed by atoms with E-state index in [-0.39, 0.29) is 6.04 Å². The average Bonchev–Trinajstić information content (AvgIpc) is 2.48. The third-order valence-electron chi connectivity index (χ3n) is 3.67. The molecule has 1 atom stereocenters. The van der Waals surface area contributed by atoms with Gasteiger partial charge in [0.25, 0.3) is 0 Å². The predicted molar refractivity (Wildman–Crippen MR) is 89.9 cm³/mol. The molecule has 0 radical (unpaired) electrons. The lowest BCUT2D eigenvalue weighted by Crippen LogP contribution is -2.29. The van der Waals surface area contributed by atoms with Gasteiger partial charge in [-0.3, -0.25) is 0 Å². The zero-order valence-electron chi connectivity index (χ0n) is 12.9. The van der Waals surface area contributed by atoms with Crippen LogP contribution in [-0.4, -0.2) is 29.3 Å². The largest absolute Gasteiger partial charge is 0.465 e. The number of nitrogens with zero attached hydrogens (tertiary/aromatic N) is 2. The van der Waals surface area contributed by atoms with Gasteiger partial charge in [0, 0.05) is 24.0 Å². The zero-order valence-corrected chi connectivity index (χ0v) is 13.7. The van der Waals surface area contributed by atoms with Gasteiger partial charge < -0.3 is 15.3 Å². The molecule has 118 valence electrons. The van der Waals surface area contributed by atoms with Crippen LogP contribution < -0.4 is 10.2 Å². The fourth-order valence-electron chi connectivity index (χ4n) is 2.53. The molecule has 0 fully saturated rings. The van der Waals surface area contributed by atoms with Crippen molar-refractivity contribution in [3.8, 4) is 0 Å². The van der Waals surface area contributed by atoms with E-state index in [1.54, 1.807) is 0 Å². The second kappa shape index (κ2) is 6.83. The molecule has 1 unspecified atom stereocenters. The number of carboxylic acid groups (broad SMARTS) is 1. The van der Waals surface area contributed by atoms with E-state index in [1.807, 2.05) is 45.0 Å². The second-order valence-electron chi connectivity index (χ2n) is 5.06. The maximum Gasteiger partial charge on any atom is 0.405 e. The lowest BCUT2D eigenvalue weighted by Gasteiger charge is -2.26. The number of carbonyl (C=O) groups is 1. The molecular formula is C16H20ClN3O2. The number of fused-ring (bicyclic) bond motifs is 1. The molecule has 22 heavy (non-hydrogen) atoms. The Morgan fingerprint density at radius 1 is 1.41 bits per heavy atom. The fourth-order valence-corrected chi connectivity index (χ4v) is 2.75. The smallest absolute Gasteiger partial charge is 0.405 e. The van der Waals surface area contributed by atoms with E-state index in [4.69, 9.17) is 21.7 Å². The number of halogens is 1. The highest BCUT2D eigenvalue weighted by Gasteiger charge is 2.19. The van der Waals surface area contributed by atoms with Crippen LogP contribution in [0.3, 0.4) is 0 Å². The van der Waals surface area contributed by atoms with Crippen LogP contribution in [0.25, 0.3) is 10.9 Å². The van der Waals surface area contributed by atoms with Crippen LogP contribution in [0.2, 0.25) is 5.02 Å². The Bertz CT molecular complexity index is 686. The van der Waals surface area contributed by atoms with Crippen molar-refractivity contribution < 1.29 is 9.90 Å². The van der Waals surface area contributed by atoms with E-state index in [9.17, 15) is 4.79 Å². The minimum absolute atomic E-state index is 0.357. The third-order valence-corrected chi connectivity index (χ3v) is 3.98. The van der Waals surface area contributed by atoms with E-state index in [2.05, 4.69) is 10.2 Å². The Kier molecular flexibility index (Phi) is 5.08. The number of benzene rings is 1. The molecule has 0 aliphatic heterocycles. The molecule has 1 amide bonds. The van der Waals surface area contributed by atoms with Crippen molar-refractivity contribution in [2.75, 3.05) is 18.0 Å². The molecule has 1 heterocycles. The fraction of sp³-hybridized carbons (Fsp3) is 0.375. The van der Waals surface area contributed by atoms with Crippen molar-refractivity contribution in [1.82, 2.24) is 10.3 Å². The number of anilines is 1. The number of hydrogen-bond acceptors (Lipinski definition) is 3. The Morgan fingerprint density at radius 2 is 2.09 bits per heavy atom. The van der Waals surface area contributed by atoms with Gasteiger partial charge in [-0.1, -0.05) is 23.7 Å². The average molecular weight is 322 g/mol. The second-order valence-corrected chi connectivity index (χ2v) is 5.46. The van der Waals surface area contributed by atoms with E-state index >= 15 is 0 Å². The molecule has 1 aromatic heterocycles. The normalized spacial score (nSPS) is 12.2. The summed E-state index contributed by atoms with van der Waals surface area (Å²) in [7, 11) is 0. The summed E-state index contributed by atoms with van der Waals surface area (Å²) in [5.41, 5.74) is 1.58. The highest BCUT2D eigenvalue weighted by Crippen LogP contribution is 2.31. The van der Waals surface area contributed by atoms with E-state index < -0.39 is 6.09 Å². The Hall–Kier alpha value is -2.01. The van der Waals surface area contributed by atoms with Crippen molar-refractivity contribution in [2.45, 2.75) is 26.8 Å². The molecule has 0 saturated carbocycles. The topological polar surface area (TPSA) is 65.5 Å². The van der Waals surface area contributed by atoms with Gasteiger partial charge >= 0.3 is 6.09 Å². The Balaban J connectivity index is 2.65. The van der Waals surface area contributed by atoms with E-state index in [1.165, 1.54) is 0 Å². The number of pyridine rings is 1. The molecule has 5 nitrogen and oxygen atoms in total.